The Morgan fingerprint density at radius 1 is 1.21 bits per heavy atom. The summed E-state index contributed by atoms with van der Waals surface area (Å²) in [6.07, 6.45) is -4.69. The number of halogens is 3. The van der Waals surface area contributed by atoms with E-state index >= 15 is 0 Å². The van der Waals surface area contributed by atoms with Crippen molar-refractivity contribution < 1.29 is 18.0 Å². The summed E-state index contributed by atoms with van der Waals surface area (Å²) in [5, 5.41) is 0. The van der Waals surface area contributed by atoms with Gasteiger partial charge < -0.3 is 5.73 Å². The van der Waals surface area contributed by atoms with Crippen molar-refractivity contribution in [2.24, 2.45) is 5.73 Å². The fourth-order valence-corrected chi connectivity index (χ4v) is 0.931. The van der Waals surface area contributed by atoms with Crippen LogP contribution in [-0.2, 0) is 0 Å². The van der Waals surface area contributed by atoms with Gasteiger partial charge >= 0.3 is 6.18 Å². The lowest BCUT2D eigenvalue weighted by Gasteiger charge is -2.13. The number of nitrogens with two attached hydrogens (primary N) is 1. The molecule has 0 spiro atoms. The van der Waals surface area contributed by atoms with Gasteiger partial charge in [0.15, 0.2) is 11.8 Å². The lowest BCUT2D eigenvalue weighted by molar-refractivity contribution is -0.136. The molecule has 0 aliphatic carbocycles. The molecular weight excluding hydrogens is 195 g/mol. The first-order valence-corrected chi connectivity index (χ1v) is 3.84. The molecule has 0 radical (unpaired) electrons. The first kappa shape index (κ1) is 10.7. The van der Waals surface area contributed by atoms with E-state index < -0.39 is 18.0 Å². The third-order valence-corrected chi connectivity index (χ3v) is 1.69. The Morgan fingerprint density at radius 3 is 2.14 bits per heavy atom. The molecule has 1 rings (SSSR count). The molecule has 14 heavy (non-hydrogen) atoms. The van der Waals surface area contributed by atoms with Crippen molar-refractivity contribution >= 4 is 5.78 Å². The van der Waals surface area contributed by atoms with Crippen molar-refractivity contribution in [3.8, 4) is 0 Å². The molecule has 0 saturated carbocycles. The fraction of sp³-hybridized carbons (Fsp3) is 0.222. The van der Waals surface area contributed by atoms with E-state index in [0.717, 1.165) is 0 Å². The number of hydrogen-bond donors (Lipinski definition) is 1. The third-order valence-electron chi connectivity index (χ3n) is 1.69. The van der Waals surface area contributed by atoms with Crippen LogP contribution in [0.1, 0.15) is 10.4 Å². The normalized spacial score (nSPS) is 13.7. The second-order valence-electron chi connectivity index (χ2n) is 2.75. The monoisotopic (exact) mass is 203 g/mol. The highest BCUT2D eigenvalue weighted by molar-refractivity contribution is 6.00. The van der Waals surface area contributed by atoms with Crippen LogP contribution in [0.3, 0.4) is 0 Å². The van der Waals surface area contributed by atoms with Gasteiger partial charge in [-0.25, -0.2) is 0 Å². The number of rotatable bonds is 2. The van der Waals surface area contributed by atoms with Crippen molar-refractivity contribution in [1.82, 2.24) is 0 Å². The molecule has 1 atom stereocenters. The summed E-state index contributed by atoms with van der Waals surface area (Å²) in [4.78, 5) is 11.1. The van der Waals surface area contributed by atoms with Crippen LogP contribution in [0.2, 0.25) is 0 Å². The number of benzene rings is 1. The second-order valence-corrected chi connectivity index (χ2v) is 2.75. The van der Waals surface area contributed by atoms with Gasteiger partial charge in [0.2, 0.25) is 0 Å². The summed E-state index contributed by atoms with van der Waals surface area (Å²) in [6, 6.07) is 4.73. The van der Waals surface area contributed by atoms with Crippen LogP contribution in [0.4, 0.5) is 13.2 Å². The maximum absolute atomic E-state index is 12.0. The van der Waals surface area contributed by atoms with Gasteiger partial charge in [-0.05, 0) is 0 Å². The van der Waals surface area contributed by atoms with Gasteiger partial charge in [-0.1, -0.05) is 30.3 Å². The Kier molecular flexibility index (Phi) is 2.90. The first-order chi connectivity index (χ1) is 6.43. The summed E-state index contributed by atoms with van der Waals surface area (Å²) < 4.78 is 36.1. The highest BCUT2D eigenvalue weighted by atomic mass is 19.4. The number of ketones is 1. The van der Waals surface area contributed by atoms with Gasteiger partial charge in [-0.2, -0.15) is 13.2 Å². The van der Waals surface area contributed by atoms with Crippen LogP contribution in [0.25, 0.3) is 0 Å². The summed E-state index contributed by atoms with van der Waals surface area (Å²) in [7, 11) is 0. The Hall–Kier alpha value is -1.36. The van der Waals surface area contributed by atoms with Gasteiger partial charge in [0, 0.05) is 5.56 Å². The highest BCUT2D eigenvalue weighted by Crippen LogP contribution is 2.21. The average Bonchev–Trinajstić information content (AvgIpc) is 2.15. The highest BCUT2D eigenvalue weighted by Gasteiger charge is 2.41. The number of hydrogen-bond acceptors (Lipinski definition) is 2. The van der Waals surface area contributed by atoms with Gasteiger partial charge in [-0.3, -0.25) is 4.79 Å². The van der Waals surface area contributed by atoms with Gasteiger partial charge in [-0.15, -0.1) is 0 Å². The lowest BCUT2D eigenvalue weighted by atomic mass is 10.1. The molecule has 0 fully saturated rings. The van der Waals surface area contributed by atoms with E-state index in [4.69, 9.17) is 5.73 Å². The molecule has 2 N–H and O–H groups in total. The summed E-state index contributed by atoms with van der Waals surface area (Å²) in [5.41, 5.74) is 4.72. The molecule has 1 aromatic carbocycles. The molecule has 0 saturated heterocycles. The van der Waals surface area contributed by atoms with Crippen LogP contribution < -0.4 is 5.73 Å². The summed E-state index contributed by atoms with van der Waals surface area (Å²) in [5.74, 6) is -1.11. The third kappa shape index (κ3) is 2.32. The van der Waals surface area contributed by atoms with Crippen LogP contribution in [0, 0.1) is 0 Å². The molecule has 0 aromatic heterocycles. The molecule has 0 heterocycles. The van der Waals surface area contributed by atoms with E-state index in [-0.39, 0.29) is 5.56 Å². The van der Waals surface area contributed by atoms with Gasteiger partial charge in [0.25, 0.3) is 0 Å². The molecule has 1 unspecified atom stereocenters. The van der Waals surface area contributed by atoms with E-state index in [1.54, 1.807) is 6.07 Å². The molecule has 0 amide bonds. The quantitative estimate of drug-likeness (QED) is 0.744. The maximum Gasteiger partial charge on any atom is 0.410 e. The predicted octanol–water partition coefficient (Wildman–Crippen LogP) is 1.76. The zero-order valence-corrected chi connectivity index (χ0v) is 7.08. The Balaban J connectivity index is 2.87. The van der Waals surface area contributed by atoms with Crippen molar-refractivity contribution in [2.45, 2.75) is 12.2 Å². The molecule has 76 valence electrons. The Bertz CT molecular complexity index is 321. The number of carbonyl (C=O) groups excluding carboxylic acids is 1. The zero-order valence-electron chi connectivity index (χ0n) is 7.08. The molecule has 0 bridgehead atoms. The molecule has 5 heteroatoms. The number of Topliss-reactive ketones (excluding diaryl/α,β-unsaturated/α-hetero) is 1. The predicted molar refractivity (Wildman–Crippen MR) is 44.8 cm³/mol. The summed E-state index contributed by atoms with van der Waals surface area (Å²) in [6.45, 7) is 0. The minimum Gasteiger partial charge on any atom is -0.314 e. The maximum atomic E-state index is 12.0. The topological polar surface area (TPSA) is 43.1 Å². The smallest absolute Gasteiger partial charge is 0.314 e. The first-order valence-electron chi connectivity index (χ1n) is 3.84. The van der Waals surface area contributed by atoms with Crippen LogP contribution in [0.5, 0.6) is 0 Å². The van der Waals surface area contributed by atoms with E-state index in [2.05, 4.69) is 0 Å². The van der Waals surface area contributed by atoms with Gasteiger partial charge in [0.1, 0.15) is 0 Å². The van der Waals surface area contributed by atoms with E-state index in [1.165, 1.54) is 24.3 Å². The minimum atomic E-state index is -4.69. The standard InChI is InChI=1S/C9H8F3NO/c10-9(11,12)8(13)7(14)6-4-2-1-3-5-6/h1-5,8H,13H2. The van der Waals surface area contributed by atoms with Crippen molar-refractivity contribution in [3.05, 3.63) is 35.9 Å². The van der Waals surface area contributed by atoms with E-state index in [0.29, 0.717) is 0 Å². The SMILES string of the molecule is NC(C(=O)c1ccccc1)C(F)(F)F. The largest absolute Gasteiger partial charge is 0.410 e. The molecule has 2 nitrogen and oxygen atoms in total. The number of carbonyl (C=O) groups is 1. The van der Waals surface area contributed by atoms with Gasteiger partial charge in [0.05, 0.1) is 0 Å². The van der Waals surface area contributed by atoms with Crippen molar-refractivity contribution in [3.63, 3.8) is 0 Å². The molecule has 0 aliphatic heterocycles. The Labute approximate surface area is 78.5 Å². The molecular formula is C9H8F3NO. The van der Waals surface area contributed by atoms with Crippen molar-refractivity contribution in [2.75, 3.05) is 0 Å². The number of alkyl halides is 3. The van der Waals surface area contributed by atoms with Crippen LogP contribution >= 0.6 is 0 Å². The van der Waals surface area contributed by atoms with E-state index in [9.17, 15) is 18.0 Å². The minimum absolute atomic E-state index is 0.0303. The second kappa shape index (κ2) is 3.79. The Morgan fingerprint density at radius 2 is 1.71 bits per heavy atom. The lowest BCUT2D eigenvalue weighted by Crippen LogP contribution is -2.44. The molecule has 1 aromatic rings. The fourth-order valence-electron chi connectivity index (χ4n) is 0.931. The average molecular weight is 203 g/mol. The van der Waals surface area contributed by atoms with E-state index in [1.807, 2.05) is 0 Å². The van der Waals surface area contributed by atoms with Crippen LogP contribution in [-0.4, -0.2) is 18.0 Å². The van der Waals surface area contributed by atoms with Crippen molar-refractivity contribution in [1.29, 1.82) is 0 Å². The molecule has 0 aliphatic rings. The zero-order chi connectivity index (χ0) is 10.8. The van der Waals surface area contributed by atoms with Crippen LogP contribution in [0.15, 0.2) is 30.3 Å². The summed E-state index contributed by atoms with van der Waals surface area (Å²) >= 11 is 0.